The van der Waals surface area contributed by atoms with Crippen molar-refractivity contribution in [1.82, 2.24) is 10.2 Å². The fraction of sp³-hybridized carbons (Fsp3) is 0.714. The fourth-order valence-electron chi connectivity index (χ4n) is 2.55. The van der Waals surface area contributed by atoms with Gasteiger partial charge >= 0.3 is 0 Å². The molecule has 0 unspecified atom stereocenters. The van der Waals surface area contributed by atoms with Gasteiger partial charge in [0.2, 0.25) is 0 Å². The highest BCUT2D eigenvalue weighted by Crippen LogP contribution is 2.24. The van der Waals surface area contributed by atoms with Crippen LogP contribution >= 0.6 is 0 Å². The molecule has 3 heteroatoms. The molecule has 0 amide bonds. The number of rotatable bonds is 2. The first kappa shape index (κ1) is 12.7. The Labute approximate surface area is 104 Å². The van der Waals surface area contributed by atoms with Crippen molar-refractivity contribution in [3.63, 3.8) is 0 Å². The summed E-state index contributed by atoms with van der Waals surface area (Å²) in [5.74, 6) is 1.05. The summed E-state index contributed by atoms with van der Waals surface area (Å²) in [5, 5.41) is 3.65. The molecular weight excluding hydrogens is 212 g/mol. The molecular formula is C14H24N2O. The third-order valence-electron chi connectivity index (χ3n) is 3.28. The SMILES string of the molecule is CC1(C)CNC(C)(C)CN(Cc2ccco2)C1. The van der Waals surface area contributed by atoms with Crippen LogP contribution < -0.4 is 5.32 Å². The molecule has 0 bridgehead atoms. The second-order valence-corrected chi connectivity index (χ2v) is 6.63. The highest BCUT2D eigenvalue weighted by molar-refractivity contribution is 5.00. The van der Waals surface area contributed by atoms with E-state index in [0.29, 0.717) is 5.41 Å². The molecule has 1 N–H and O–H groups in total. The summed E-state index contributed by atoms with van der Waals surface area (Å²) in [4.78, 5) is 2.48. The van der Waals surface area contributed by atoms with E-state index >= 15 is 0 Å². The van der Waals surface area contributed by atoms with Crippen LogP contribution in [0.3, 0.4) is 0 Å². The fourth-order valence-corrected chi connectivity index (χ4v) is 2.55. The Morgan fingerprint density at radius 1 is 1.29 bits per heavy atom. The monoisotopic (exact) mass is 236 g/mol. The number of furan rings is 1. The summed E-state index contributed by atoms with van der Waals surface area (Å²) in [5.41, 5.74) is 0.473. The Balaban J connectivity index is 2.08. The van der Waals surface area contributed by atoms with Crippen LogP contribution in [0.2, 0.25) is 0 Å². The van der Waals surface area contributed by atoms with Crippen molar-refractivity contribution in [2.24, 2.45) is 5.41 Å². The van der Waals surface area contributed by atoms with Gasteiger partial charge in [0.05, 0.1) is 12.8 Å². The highest BCUT2D eigenvalue weighted by Gasteiger charge is 2.32. The van der Waals surface area contributed by atoms with E-state index in [2.05, 4.69) is 44.0 Å². The molecule has 1 aromatic heterocycles. The van der Waals surface area contributed by atoms with Crippen molar-refractivity contribution in [2.75, 3.05) is 19.6 Å². The van der Waals surface area contributed by atoms with Crippen LogP contribution in [-0.4, -0.2) is 30.1 Å². The van der Waals surface area contributed by atoms with E-state index in [9.17, 15) is 0 Å². The third-order valence-corrected chi connectivity index (χ3v) is 3.28. The predicted molar refractivity (Wildman–Crippen MR) is 69.8 cm³/mol. The summed E-state index contributed by atoms with van der Waals surface area (Å²) in [6.45, 7) is 13.3. The van der Waals surface area contributed by atoms with Crippen molar-refractivity contribution in [2.45, 2.75) is 39.8 Å². The first-order valence-electron chi connectivity index (χ1n) is 6.36. The van der Waals surface area contributed by atoms with Crippen molar-refractivity contribution >= 4 is 0 Å². The quantitative estimate of drug-likeness (QED) is 0.855. The van der Waals surface area contributed by atoms with Crippen molar-refractivity contribution < 1.29 is 4.42 Å². The molecule has 96 valence electrons. The molecule has 1 aliphatic heterocycles. The lowest BCUT2D eigenvalue weighted by Gasteiger charge is -2.30. The lowest BCUT2D eigenvalue weighted by molar-refractivity contribution is 0.172. The summed E-state index contributed by atoms with van der Waals surface area (Å²) >= 11 is 0. The van der Waals surface area contributed by atoms with E-state index < -0.39 is 0 Å². The standard InChI is InChI=1S/C14H24N2O/c1-13(2)9-15-14(3,4)11-16(10-13)8-12-6-5-7-17-12/h5-7,15H,8-11H2,1-4H3. The zero-order chi connectivity index (χ0) is 12.5. The number of nitrogens with zero attached hydrogens (tertiary/aromatic N) is 1. The van der Waals surface area contributed by atoms with Gasteiger partial charge in [-0.1, -0.05) is 13.8 Å². The molecule has 0 radical (unpaired) electrons. The predicted octanol–water partition coefficient (Wildman–Crippen LogP) is 2.49. The maximum atomic E-state index is 5.45. The van der Waals surface area contributed by atoms with Crippen LogP contribution in [0.15, 0.2) is 22.8 Å². The third kappa shape index (κ3) is 3.58. The van der Waals surface area contributed by atoms with Gasteiger partial charge in [0.15, 0.2) is 0 Å². The van der Waals surface area contributed by atoms with E-state index in [0.717, 1.165) is 31.9 Å². The lowest BCUT2D eigenvalue weighted by atomic mass is 9.93. The Bertz CT molecular complexity index is 336. The van der Waals surface area contributed by atoms with Gasteiger partial charge in [0.25, 0.3) is 0 Å². The maximum Gasteiger partial charge on any atom is 0.117 e. The minimum Gasteiger partial charge on any atom is -0.468 e. The molecule has 1 fully saturated rings. The molecule has 0 saturated carbocycles. The molecule has 1 saturated heterocycles. The second kappa shape index (κ2) is 4.46. The molecule has 1 aromatic rings. The van der Waals surface area contributed by atoms with Crippen LogP contribution in [-0.2, 0) is 6.54 Å². The zero-order valence-electron chi connectivity index (χ0n) is 11.4. The molecule has 0 aromatic carbocycles. The van der Waals surface area contributed by atoms with Crippen LogP contribution in [0.1, 0.15) is 33.5 Å². The van der Waals surface area contributed by atoms with Gasteiger partial charge in [0.1, 0.15) is 5.76 Å². The van der Waals surface area contributed by atoms with Crippen molar-refractivity contribution in [3.05, 3.63) is 24.2 Å². The smallest absolute Gasteiger partial charge is 0.117 e. The molecule has 3 nitrogen and oxygen atoms in total. The molecule has 0 atom stereocenters. The Kier molecular flexibility index (Phi) is 3.32. The average molecular weight is 236 g/mol. The van der Waals surface area contributed by atoms with Crippen LogP contribution in [0.4, 0.5) is 0 Å². The first-order valence-corrected chi connectivity index (χ1v) is 6.36. The average Bonchev–Trinajstić information content (AvgIpc) is 2.63. The van der Waals surface area contributed by atoms with Gasteiger partial charge in [-0.2, -0.15) is 0 Å². The van der Waals surface area contributed by atoms with Crippen LogP contribution in [0, 0.1) is 5.41 Å². The highest BCUT2D eigenvalue weighted by atomic mass is 16.3. The van der Waals surface area contributed by atoms with Gasteiger partial charge in [0, 0.05) is 25.2 Å². The number of hydrogen-bond acceptors (Lipinski definition) is 3. The van der Waals surface area contributed by atoms with Gasteiger partial charge in [-0.25, -0.2) is 0 Å². The summed E-state index contributed by atoms with van der Waals surface area (Å²) in [6.07, 6.45) is 1.75. The Morgan fingerprint density at radius 2 is 2.06 bits per heavy atom. The number of hydrogen-bond donors (Lipinski definition) is 1. The largest absolute Gasteiger partial charge is 0.468 e. The van der Waals surface area contributed by atoms with Gasteiger partial charge in [-0.15, -0.1) is 0 Å². The van der Waals surface area contributed by atoms with E-state index in [1.54, 1.807) is 6.26 Å². The maximum absolute atomic E-state index is 5.45. The lowest BCUT2D eigenvalue weighted by Crippen LogP contribution is -2.46. The summed E-state index contributed by atoms with van der Waals surface area (Å²) < 4.78 is 5.45. The Hall–Kier alpha value is -0.800. The van der Waals surface area contributed by atoms with E-state index in [1.807, 2.05) is 6.07 Å². The van der Waals surface area contributed by atoms with Crippen LogP contribution in [0.5, 0.6) is 0 Å². The summed E-state index contributed by atoms with van der Waals surface area (Å²) in [6, 6.07) is 4.01. The molecule has 2 rings (SSSR count). The van der Waals surface area contributed by atoms with Crippen LogP contribution in [0.25, 0.3) is 0 Å². The minimum absolute atomic E-state index is 0.167. The van der Waals surface area contributed by atoms with Crippen molar-refractivity contribution in [3.8, 4) is 0 Å². The molecule has 2 heterocycles. The number of nitrogens with one attached hydrogen (secondary N) is 1. The first-order chi connectivity index (χ1) is 7.86. The van der Waals surface area contributed by atoms with E-state index in [-0.39, 0.29) is 5.54 Å². The molecule has 0 aliphatic carbocycles. The van der Waals surface area contributed by atoms with E-state index in [4.69, 9.17) is 4.42 Å². The van der Waals surface area contributed by atoms with Crippen molar-refractivity contribution in [1.29, 1.82) is 0 Å². The molecule has 0 spiro atoms. The van der Waals surface area contributed by atoms with Gasteiger partial charge < -0.3 is 9.73 Å². The summed E-state index contributed by atoms with van der Waals surface area (Å²) in [7, 11) is 0. The van der Waals surface area contributed by atoms with E-state index in [1.165, 1.54) is 0 Å². The second-order valence-electron chi connectivity index (χ2n) is 6.63. The molecule has 1 aliphatic rings. The normalized spacial score (nSPS) is 24.5. The topological polar surface area (TPSA) is 28.4 Å². The zero-order valence-corrected chi connectivity index (χ0v) is 11.4. The van der Waals surface area contributed by atoms with Gasteiger partial charge in [-0.3, -0.25) is 4.90 Å². The van der Waals surface area contributed by atoms with Gasteiger partial charge in [-0.05, 0) is 31.4 Å². The minimum atomic E-state index is 0.167. The Morgan fingerprint density at radius 3 is 2.71 bits per heavy atom. The molecule has 17 heavy (non-hydrogen) atoms.